The number of hydrogen-bond acceptors (Lipinski definition) is 3. The molecule has 0 aliphatic carbocycles. The molecule has 0 saturated heterocycles. The van der Waals surface area contributed by atoms with Gasteiger partial charge in [0, 0.05) is 21.8 Å². The summed E-state index contributed by atoms with van der Waals surface area (Å²) in [5.74, 6) is -0.849. The van der Waals surface area contributed by atoms with Crippen LogP contribution in [-0.2, 0) is 0 Å². The molecule has 2 aromatic rings. The molecule has 0 fully saturated rings. The minimum Gasteiger partial charge on any atom is -0.399 e. The van der Waals surface area contributed by atoms with Crippen molar-refractivity contribution < 1.29 is 9.59 Å². The fraction of sp³-hybridized carbons (Fsp3) is 0. The summed E-state index contributed by atoms with van der Waals surface area (Å²) in [5.41, 5.74) is 11.5. The Kier molecular flexibility index (Phi) is 4.22. The summed E-state index contributed by atoms with van der Waals surface area (Å²) in [4.78, 5) is 23.5. The van der Waals surface area contributed by atoms with Gasteiger partial charge < -0.3 is 5.73 Å². The zero-order valence-corrected chi connectivity index (χ0v) is 11.1. The molecule has 20 heavy (non-hydrogen) atoms. The first kappa shape index (κ1) is 13.9. The summed E-state index contributed by atoms with van der Waals surface area (Å²) in [6.07, 6.45) is 0. The fourth-order valence-electron chi connectivity index (χ4n) is 1.49. The van der Waals surface area contributed by atoms with Crippen LogP contribution in [0.5, 0.6) is 0 Å². The van der Waals surface area contributed by atoms with E-state index in [-0.39, 0.29) is 0 Å². The molecule has 0 atom stereocenters. The minimum atomic E-state index is -0.425. The molecule has 0 bridgehead atoms. The second-order valence-electron chi connectivity index (χ2n) is 4.04. The van der Waals surface area contributed by atoms with Crippen LogP contribution in [0.25, 0.3) is 0 Å². The van der Waals surface area contributed by atoms with E-state index in [4.69, 9.17) is 17.3 Å². The second kappa shape index (κ2) is 6.08. The Morgan fingerprint density at radius 1 is 0.800 bits per heavy atom. The Labute approximate surface area is 120 Å². The molecule has 0 aliphatic heterocycles. The van der Waals surface area contributed by atoms with Crippen molar-refractivity contribution in [2.24, 2.45) is 0 Å². The van der Waals surface area contributed by atoms with Crippen molar-refractivity contribution in [1.29, 1.82) is 0 Å². The Morgan fingerprint density at radius 2 is 1.20 bits per heavy atom. The van der Waals surface area contributed by atoms with Crippen LogP contribution in [0.2, 0.25) is 5.02 Å². The van der Waals surface area contributed by atoms with E-state index in [2.05, 4.69) is 10.9 Å². The molecule has 4 N–H and O–H groups in total. The lowest BCUT2D eigenvalue weighted by Gasteiger charge is -2.07. The number of carbonyl (C=O) groups is 2. The number of anilines is 1. The van der Waals surface area contributed by atoms with Gasteiger partial charge in [0.05, 0.1) is 0 Å². The first-order chi connectivity index (χ1) is 9.56. The Hall–Kier alpha value is -2.53. The maximum Gasteiger partial charge on any atom is 0.269 e. The van der Waals surface area contributed by atoms with Crippen LogP contribution in [0.15, 0.2) is 48.5 Å². The summed E-state index contributed by atoms with van der Waals surface area (Å²) in [5, 5.41) is 0.535. The molecule has 5 nitrogen and oxygen atoms in total. The standard InChI is InChI=1S/C14H12ClN3O2/c15-11-5-1-9(2-6-11)13(19)17-18-14(20)10-3-7-12(16)8-4-10/h1-8H,16H2,(H,17,19)(H,18,20). The number of carbonyl (C=O) groups excluding carboxylic acids is 2. The fourth-order valence-corrected chi connectivity index (χ4v) is 1.62. The third-order valence-electron chi connectivity index (χ3n) is 2.57. The van der Waals surface area contributed by atoms with Crippen molar-refractivity contribution in [3.8, 4) is 0 Å². The number of amides is 2. The van der Waals surface area contributed by atoms with Crippen molar-refractivity contribution in [3.05, 3.63) is 64.7 Å². The van der Waals surface area contributed by atoms with E-state index in [1.54, 1.807) is 48.5 Å². The van der Waals surface area contributed by atoms with E-state index in [0.717, 1.165) is 0 Å². The van der Waals surface area contributed by atoms with Gasteiger partial charge in [0.2, 0.25) is 0 Å². The lowest BCUT2D eigenvalue weighted by atomic mass is 10.2. The number of hydrazine groups is 1. The van der Waals surface area contributed by atoms with Crippen LogP contribution in [0.1, 0.15) is 20.7 Å². The smallest absolute Gasteiger partial charge is 0.269 e. The number of nitrogens with two attached hydrogens (primary N) is 1. The van der Waals surface area contributed by atoms with Crippen LogP contribution in [0.3, 0.4) is 0 Å². The van der Waals surface area contributed by atoms with Gasteiger partial charge in [-0.2, -0.15) is 0 Å². The van der Waals surface area contributed by atoms with Gasteiger partial charge in [0.15, 0.2) is 0 Å². The monoisotopic (exact) mass is 289 g/mol. The molecule has 0 spiro atoms. The number of hydrogen-bond donors (Lipinski definition) is 3. The first-order valence-electron chi connectivity index (χ1n) is 5.78. The molecule has 2 aromatic carbocycles. The lowest BCUT2D eigenvalue weighted by molar-refractivity contribution is 0.0846. The maximum absolute atomic E-state index is 11.8. The van der Waals surface area contributed by atoms with E-state index < -0.39 is 11.8 Å². The SMILES string of the molecule is Nc1ccc(C(=O)NNC(=O)c2ccc(Cl)cc2)cc1. The number of halogens is 1. The maximum atomic E-state index is 11.8. The molecule has 0 aromatic heterocycles. The van der Waals surface area contributed by atoms with Crippen LogP contribution in [-0.4, -0.2) is 11.8 Å². The second-order valence-corrected chi connectivity index (χ2v) is 4.47. The zero-order valence-electron chi connectivity index (χ0n) is 10.4. The lowest BCUT2D eigenvalue weighted by Crippen LogP contribution is -2.41. The van der Waals surface area contributed by atoms with Crippen LogP contribution in [0.4, 0.5) is 5.69 Å². The summed E-state index contributed by atoms with van der Waals surface area (Å²) >= 11 is 5.73. The van der Waals surface area contributed by atoms with Gasteiger partial charge in [0.25, 0.3) is 11.8 Å². The number of nitrogen functional groups attached to an aromatic ring is 1. The molecular formula is C14H12ClN3O2. The highest BCUT2D eigenvalue weighted by atomic mass is 35.5. The van der Waals surface area contributed by atoms with Crippen LogP contribution < -0.4 is 16.6 Å². The topological polar surface area (TPSA) is 84.2 Å². The van der Waals surface area contributed by atoms with Gasteiger partial charge in [0.1, 0.15) is 0 Å². The van der Waals surface area contributed by atoms with E-state index in [1.807, 2.05) is 0 Å². The Morgan fingerprint density at radius 3 is 1.65 bits per heavy atom. The van der Waals surface area contributed by atoms with Gasteiger partial charge in [-0.25, -0.2) is 0 Å². The third-order valence-corrected chi connectivity index (χ3v) is 2.82. The Bertz CT molecular complexity index is 566. The molecule has 2 amide bonds. The van der Waals surface area contributed by atoms with Crippen molar-refractivity contribution >= 4 is 29.1 Å². The van der Waals surface area contributed by atoms with Gasteiger partial charge in [-0.05, 0) is 48.5 Å². The normalized spacial score (nSPS) is 9.85. The largest absolute Gasteiger partial charge is 0.399 e. The number of benzene rings is 2. The average molecular weight is 290 g/mol. The summed E-state index contributed by atoms with van der Waals surface area (Å²) < 4.78 is 0. The predicted molar refractivity (Wildman–Crippen MR) is 77.2 cm³/mol. The molecule has 102 valence electrons. The molecule has 2 rings (SSSR count). The van der Waals surface area contributed by atoms with E-state index in [9.17, 15) is 9.59 Å². The molecule has 0 aliphatic rings. The predicted octanol–water partition coefficient (Wildman–Crippen LogP) is 2.00. The zero-order chi connectivity index (χ0) is 14.5. The minimum absolute atomic E-state index is 0.395. The number of rotatable bonds is 2. The highest BCUT2D eigenvalue weighted by molar-refractivity contribution is 6.30. The van der Waals surface area contributed by atoms with E-state index >= 15 is 0 Å². The summed E-state index contributed by atoms with van der Waals surface area (Å²) in [7, 11) is 0. The summed E-state index contributed by atoms with van der Waals surface area (Å²) in [6, 6.07) is 12.7. The van der Waals surface area contributed by atoms with Crippen LogP contribution in [0, 0.1) is 0 Å². The molecule has 0 unspecified atom stereocenters. The van der Waals surface area contributed by atoms with Crippen molar-refractivity contribution in [1.82, 2.24) is 10.9 Å². The molecule has 0 saturated carbocycles. The molecule has 6 heteroatoms. The van der Waals surface area contributed by atoms with E-state index in [0.29, 0.717) is 21.8 Å². The van der Waals surface area contributed by atoms with Gasteiger partial charge >= 0.3 is 0 Å². The molecule has 0 heterocycles. The van der Waals surface area contributed by atoms with Gasteiger partial charge in [-0.15, -0.1) is 0 Å². The third kappa shape index (κ3) is 3.49. The van der Waals surface area contributed by atoms with E-state index in [1.165, 1.54) is 0 Å². The van der Waals surface area contributed by atoms with Crippen LogP contribution >= 0.6 is 11.6 Å². The molecular weight excluding hydrogens is 278 g/mol. The highest BCUT2D eigenvalue weighted by Gasteiger charge is 2.08. The summed E-state index contributed by atoms with van der Waals surface area (Å²) in [6.45, 7) is 0. The highest BCUT2D eigenvalue weighted by Crippen LogP contribution is 2.09. The Balaban J connectivity index is 1.94. The molecule has 0 radical (unpaired) electrons. The van der Waals surface area contributed by atoms with Crippen molar-refractivity contribution in [2.75, 3.05) is 5.73 Å². The van der Waals surface area contributed by atoms with Crippen molar-refractivity contribution in [3.63, 3.8) is 0 Å². The average Bonchev–Trinajstić information content (AvgIpc) is 2.46. The quantitative estimate of drug-likeness (QED) is 0.584. The number of nitrogens with one attached hydrogen (secondary N) is 2. The van der Waals surface area contributed by atoms with Gasteiger partial charge in [-0.3, -0.25) is 20.4 Å². The van der Waals surface area contributed by atoms with Gasteiger partial charge in [-0.1, -0.05) is 11.6 Å². The van der Waals surface area contributed by atoms with Crippen molar-refractivity contribution in [2.45, 2.75) is 0 Å². The first-order valence-corrected chi connectivity index (χ1v) is 6.16.